The monoisotopic (exact) mass is 460 g/mol. The van der Waals surface area contributed by atoms with Crippen LogP contribution in [0.5, 0.6) is 11.5 Å². The van der Waals surface area contributed by atoms with Crippen LogP contribution in [0.2, 0.25) is 10.0 Å². The number of carbonyl (C=O) groups excluding carboxylic acids is 1. The molecule has 0 saturated heterocycles. The predicted octanol–water partition coefficient (Wildman–Crippen LogP) is 5.53. The number of alkyl halides is 2. The van der Waals surface area contributed by atoms with Crippen molar-refractivity contribution in [3.8, 4) is 11.5 Å². The standard InChI is InChI=1S/C18H12Cl2F2N2O4S/c19-11-3-6-15(13(20)7-11)26-8-16-23-24-18(28-16)29-9-14(25)10-1-4-12(5-2-10)27-17(21)22/h1-7,17H,8-9H2. The molecule has 0 aliphatic carbocycles. The number of hydrogen-bond donors (Lipinski definition) is 0. The van der Waals surface area contributed by atoms with Crippen molar-refractivity contribution in [1.82, 2.24) is 10.2 Å². The summed E-state index contributed by atoms with van der Waals surface area (Å²) in [5.41, 5.74) is 0.347. The number of benzene rings is 2. The van der Waals surface area contributed by atoms with E-state index in [9.17, 15) is 13.6 Å². The molecule has 0 aliphatic heterocycles. The second kappa shape index (κ2) is 9.91. The third-order valence-corrected chi connectivity index (χ3v) is 4.77. The van der Waals surface area contributed by atoms with E-state index in [0.29, 0.717) is 21.4 Å². The molecule has 29 heavy (non-hydrogen) atoms. The Labute approximate surface area is 178 Å². The lowest BCUT2D eigenvalue weighted by molar-refractivity contribution is -0.0498. The van der Waals surface area contributed by atoms with Crippen LogP contribution in [0.15, 0.2) is 52.1 Å². The number of ketones is 1. The minimum Gasteiger partial charge on any atom is -0.482 e. The Kier molecular flexibility index (Phi) is 7.29. The van der Waals surface area contributed by atoms with E-state index in [0.717, 1.165) is 11.8 Å². The summed E-state index contributed by atoms with van der Waals surface area (Å²) < 4.78 is 39.4. The summed E-state index contributed by atoms with van der Waals surface area (Å²) in [6, 6.07) is 10.2. The first-order chi connectivity index (χ1) is 13.9. The van der Waals surface area contributed by atoms with Crippen LogP contribution in [0.4, 0.5) is 8.78 Å². The summed E-state index contributed by atoms with van der Waals surface area (Å²) >= 11 is 12.9. The molecule has 0 saturated carbocycles. The van der Waals surface area contributed by atoms with E-state index < -0.39 is 6.61 Å². The smallest absolute Gasteiger partial charge is 0.387 e. The van der Waals surface area contributed by atoms with Crippen LogP contribution >= 0.6 is 35.0 Å². The lowest BCUT2D eigenvalue weighted by Gasteiger charge is -2.05. The van der Waals surface area contributed by atoms with Crippen molar-refractivity contribution in [2.75, 3.05) is 5.75 Å². The molecule has 0 amide bonds. The maximum absolute atomic E-state index is 12.2. The van der Waals surface area contributed by atoms with Gasteiger partial charge >= 0.3 is 6.61 Å². The third kappa shape index (κ3) is 6.31. The molecule has 0 bridgehead atoms. The van der Waals surface area contributed by atoms with Crippen LogP contribution in [0.25, 0.3) is 0 Å². The Morgan fingerprint density at radius 1 is 1.14 bits per heavy atom. The van der Waals surface area contributed by atoms with Gasteiger partial charge in [0.25, 0.3) is 11.1 Å². The lowest BCUT2D eigenvalue weighted by atomic mass is 10.1. The molecule has 6 nitrogen and oxygen atoms in total. The highest BCUT2D eigenvalue weighted by molar-refractivity contribution is 7.99. The minimum absolute atomic E-state index is 0.00550. The summed E-state index contributed by atoms with van der Waals surface area (Å²) in [5.74, 6) is 0.395. The van der Waals surface area contributed by atoms with Gasteiger partial charge in [-0.05, 0) is 42.5 Å². The molecule has 11 heteroatoms. The number of carbonyl (C=O) groups is 1. The fourth-order valence-corrected chi connectivity index (χ4v) is 3.26. The molecular weight excluding hydrogens is 449 g/mol. The molecule has 0 fully saturated rings. The molecule has 0 spiro atoms. The number of Topliss-reactive ketones (excluding diaryl/α,β-unsaturated/α-hetero) is 1. The van der Waals surface area contributed by atoms with Gasteiger partial charge in [0.15, 0.2) is 12.4 Å². The summed E-state index contributed by atoms with van der Waals surface area (Å²) in [7, 11) is 0. The number of halogens is 4. The molecule has 0 N–H and O–H groups in total. The largest absolute Gasteiger partial charge is 0.482 e. The Hall–Kier alpha value is -2.36. The molecule has 3 aromatic rings. The van der Waals surface area contributed by atoms with E-state index >= 15 is 0 Å². The SMILES string of the molecule is O=C(CSc1nnc(COc2ccc(Cl)cc2Cl)o1)c1ccc(OC(F)F)cc1. The second-order valence-corrected chi connectivity index (χ2v) is 7.21. The molecule has 0 radical (unpaired) electrons. The van der Waals surface area contributed by atoms with Gasteiger partial charge in [0.2, 0.25) is 0 Å². The van der Waals surface area contributed by atoms with E-state index in [1.807, 2.05) is 0 Å². The Balaban J connectivity index is 1.50. The number of nitrogens with zero attached hydrogens (tertiary/aromatic N) is 2. The van der Waals surface area contributed by atoms with Crippen LogP contribution in [-0.4, -0.2) is 28.3 Å². The van der Waals surface area contributed by atoms with E-state index in [1.54, 1.807) is 18.2 Å². The molecule has 0 atom stereocenters. The molecule has 3 rings (SSSR count). The van der Waals surface area contributed by atoms with E-state index in [2.05, 4.69) is 14.9 Å². The average Bonchev–Trinajstić information content (AvgIpc) is 3.13. The fraction of sp³-hybridized carbons (Fsp3) is 0.167. The van der Waals surface area contributed by atoms with Crippen LogP contribution in [0, 0.1) is 0 Å². The number of ether oxygens (including phenoxy) is 2. The van der Waals surface area contributed by atoms with Gasteiger partial charge < -0.3 is 13.9 Å². The maximum Gasteiger partial charge on any atom is 0.387 e. The Morgan fingerprint density at radius 2 is 1.90 bits per heavy atom. The first-order valence-corrected chi connectivity index (χ1v) is 9.76. The molecular formula is C18H12Cl2F2N2O4S. The van der Waals surface area contributed by atoms with Crippen LogP contribution in [0.1, 0.15) is 16.2 Å². The van der Waals surface area contributed by atoms with Crippen molar-refractivity contribution in [1.29, 1.82) is 0 Å². The van der Waals surface area contributed by atoms with Crippen molar-refractivity contribution < 1.29 is 27.5 Å². The zero-order valence-corrected chi connectivity index (χ0v) is 16.8. The van der Waals surface area contributed by atoms with Crippen molar-refractivity contribution in [3.63, 3.8) is 0 Å². The van der Waals surface area contributed by atoms with E-state index in [4.69, 9.17) is 32.4 Å². The van der Waals surface area contributed by atoms with Gasteiger partial charge in [-0.2, -0.15) is 8.78 Å². The van der Waals surface area contributed by atoms with Gasteiger partial charge in [-0.25, -0.2) is 0 Å². The lowest BCUT2D eigenvalue weighted by Crippen LogP contribution is -2.04. The number of aromatic nitrogens is 2. The summed E-state index contributed by atoms with van der Waals surface area (Å²) in [6.07, 6.45) is 0. The minimum atomic E-state index is -2.92. The zero-order chi connectivity index (χ0) is 20.8. The van der Waals surface area contributed by atoms with Crippen LogP contribution < -0.4 is 9.47 Å². The summed E-state index contributed by atoms with van der Waals surface area (Å²) in [6.45, 7) is -2.92. The van der Waals surface area contributed by atoms with Gasteiger partial charge in [0.1, 0.15) is 11.5 Å². The van der Waals surface area contributed by atoms with Gasteiger partial charge in [-0.3, -0.25) is 4.79 Å². The molecule has 1 heterocycles. The normalized spacial score (nSPS) is 10.9. The summed E-state index contributed by atoms with van der Waals surface area (Å²) in [5, 5.41) is 8.70. The number of rotatable bonds is 9. The van der Waals surface area contributed by atoms with Crippen molar-refractivity contribution >= 4 is 40.7 Å². The molecule has 2 aromatic carbocycles. The predicted molar refractivity (Wildman–Crippen MR) is 103 cm³/mol. The Bertz CT molecular complexity index is 986. The van der Waals surface area contributed by atoms with Crippen molar-refractivity contribution in [2.24, 2.45) is 0 Å². The van der Waals surface area contributed by atoms with Crippen molar-refractivity contribution in [3.05, 3.63) is 64.0 Å². The second-order valence-electron chi connectivity index (χ2n) is 5.44. The topological polar surface area (TPSA) is 74.5 Å². The quantitative estimate of drug-likeness (QED) is 0.306. The molecule has 152 valence electrons. The first-order valence-electron chi connectivity index (χ1n) is 8.02. The van der Waals surface area contributed by atoms with Crippen LogP contribution in [-0.2, 0) is 6.61 Å². The highest BCUT2D eigenvalue weighted by Gasteiger charge is 2.13. The third-order valence-electron chi connectivity index (χ3n) is 3.42. The highest BCUT2D eigenvalue weighted by Crippen LogP contribution is 2.28. The molecule has 0 unspecified atom stereocenters. The van der Waals surface area contributed by atoms with Gasteiger partial charge in [0, 0.05) is 10.6 Å². The van der Waals surface area contributed by atoms with Gasteiger partial charge in [-0.15, -0.1) is 10.2 Å². The van der Waals surface area contributed by atoms with Crippen molar-refractivity contribution in [2.45, 2.75) is 18.4 Å². The van der Waals surface area contributed by atoms with E-state index in [-0.39, 0.29) is 35.0 Å². The summed E-state index contributed by atoms with van der Waals surface area (Å²) in [4.78, 5) is 12.2. The van der Waals surface area contributed by atoms with E-state index in [1.165, 1.54) is 24.3 Å². The van der Waals surface area contributed by atoms with Gasteiger partial charge in [0.05, 0.1) is 10.8 Å². The molecule has 1 aromatic heterocycles. The number of hydrogen-bond acceptors (Lipinski definition) is 7. The Morgan fingerprint density at radius 3 is 2.59 bits per heavy atom. The first kappa shape index (κ1) is 21.4. The number of thioether (sulfide) groups is 1. The zero-order valence-electron chi connectivity index (χ0n) is 14.5. The van der Waals surface area contributed by atoms with Gasteiger partial charge in [-0.1, -0.05) is 35.0 Å². The van der Waals surface area contributed by atoms with Crippen LogP contribution in [0.3, 0.4) is 0 Å². The maximum atomic E-state index is 12.2. The molecule has 0 aliphatic rings. The fourth-order valence-electron chi connectivity index (χ4n) is 2.12. The average molecular weight is 461 g/mol. The highest BCUT2D eigenvalue weighted by atomic mass is 35.5.